The largest absolute Gasteiger partial charge is 0.478 e. The van der Waals surface area contributed by atoms with E-state index in [9.17, 15) is 9.90 Å². The normalized spacial score (nSPS) is 12.8. The molecular formula is C17H15NO2. The first-order valence-corrected chi connectivity index (χ1v) is 6.08. The van der Waals surface area contributed by atoms with Gasteiger partial charge in [0.05, 0.1) is 11.6 Å². The topological polar surface area (TPSA) is 61.1 Å². The minimum absolute atomic E-state index is 0.137. The van der Waals surface area contributed by atoms with Crippen LogP contribution in [-0.4, -0.2) is 11.1 Å². The average molecular weight is 265 g/mol. The number of hydrogen-bond donors (Lipinski definition) is 1. The van der Waals surface area contributed by atoms with E-state index in [1.165, 1.54) is 18.2 Å². The quantitative estimate of drug-likeness (QED) is 0.501. The molecule has 3 nitrogen and oxygen atoms in total. The van der Waals surface area contributed by atoms with Crippen molar-refractivity contribution in [1.82, 2.24) is 0 Å². The molecule has 0 heterocycles. The van der Waals surface area contributed by atoms with Crippen molar-refractivity contribution in [3.05, 3.63) is 77.4 Å². The Labute approximate surface area is 118 Å². The number of nitriles is 1. The summed E-state index contributed by atoms with van der Waals surface area (Å²) in [5.41, 5.74) is 1.53. The summed E-state index contributed by atoms with van der Waals surface area (Å²) in [5.74, 6) is -1.03. The minimum atomic E-state index is -1.03. The highest BCUT2D eigenvalue weighted by Gasteiger charge is 2.07. The van der Waals surface area contributed by atoms with E-state index >= 15 is 0 Å². The standard InChI is InChI=1S/C17H15NO2/c1-2-7-15(10-6-13-18)16(17(19)20)12-11-14-8-4-3-5-9-14/h2-12H,1H3,(H,19,20). The molecule has 100 valence electrons. The summed E-state index contributed by atoms with van der Waals surface area (Å²) in [4.78, 5) is 11.3. The van der Waals surface area contributed by atoms with Crippen molar-refractivity contribution < 1.29 is 9.90 Å². The molecule has 3 heteroatoms. The van der Waals surface area contributed by atoms with Gasteiger partial charge in [0.25, 0.3) is 0 Å². The lowest BCUT2D eigenvalue weighted by Gasteiger charge is -2.00. The summed E-state index contributed by atoms with van der Waals surface area (Å²) in [6.07, 6.45) is 9.40. The van der Waals surface area contributed by atoms with Crippen molar-refractivity contribution >= 4 is 12.0 Å². The molecule has 0 saturated carbocycles. The van der Waals surface area contributed by atoms with Crippen LogP contribution in [0.15, 0.2) is 71.9 Å². The molecule has 0 saturated heterocycles. The highest BCUT2D eigenvalue weighted by molar-refractivity contribution is 5.93. The predicted octanol–water partition coefficient (Wildman–Crippen LogP) is 3.74. The van der Waals surface area contributed by atoms with E-state index < -0.39 is 5.97 Å². The van der Waals surface area contributed by atoms with E-state index in [1.54, 1.807) is 25.2 Å². The fourth-order valence-corrected chi connectivity index (χ4v) is 1.58. The van der Waals surface area contributed by atoms with Gasteiger partial charge in [0.15, 0.2) is 0 Å². The lowest BCUT2D eigenvalue weighted by molar-refractivity contribution is -0.132. The maximum Gasteiger partial charge on any atom is 0.336 e. The van der Waals surface area contributed by atoms with Crippen LogP contribution in [0.2, 0.25) is 0 Å². The molecule has 0 aromatic heterocycles. The number of aliphatic carboxylic acids is 1. The Morgan fingerprint density at radius 2 is 1.90 bits per heavy atom. The number of carboxylic acid groups (broad SMARTS) is 1. The summed E-state index contributed by atoms with van der Waals surface area (Å²) in [7, 11) is 0. The Bertz CT molecular complexity index is 614. The molecule has 0 atom stereocenters. The number of allylic oxidation sites excluding steroid dienone is 5. The summed E-state index contributed by atoms with van der Waals surface area (Å²) >= 11 is 0. The molecule has 1 rings (SSSR count). The van der Waals surface area contributed by atoms with Crippen molar-refractivity contribution in [2.45, 2.75) is 6.92 Å². The van der Waals surface area contributed by atoms with Crippen LogP contribution < -0.4 is 0 Å². The molecule has 20 heavy (non-hydrogen) atoms. The molecule has 0 unspecified atom stereocenters. The second-order valence-corrected chi connectivity index (χ2v) is 3.88. The van der Waals surface area contributed by atoms with Crippen molar-refractivity contribution in [1.29, 1.82) is 5.26 Å². The predicted molar refractivity (Wildman–Crippen MR) is 79.7 cm³/mol. The maximum atomic E-state index is 11.3. The van der Waals surface area contributed by atoms with Gasteiger partial charge in [-0.2, -0.15) is 5.26 Å². The fraction of sp³-hybridized carbons (Fsp3) is 0.0588. The smallest absolute Gasteiger partial charge is 0.336 e. The van der Waals surface area contributed by atoms with Crippen LogP contribution in [0.1, 0.15) is 12.5 Å². The molecule has 0 aliphatic rings. The summed E-state index contributed by atoms with van der Waals surface area (Å²) < 4.78 is 0. The van der Waals surface area contributed by atoms with Crippen molar-refractivity contribution in [3.8, 4) is 6.07 Å². The number of rotatable bonds is 5. The van der Waals surface area contributed by atoms with E-state index in [0.717, 1.165) is 5.56 Å². The molecule has 0 aliphatic carbocycles. The Morgan fingerprint density at radius 3 is 2.45 bits per heavy atom. The first-order valence-electron chi connectivity index (χ1n) is 6.08. The Balaban J connectivity index is 3.21. The van der Waals surface area contributed by atoms with Crippen molar-refractivity contribution in [3.63, 3.8) is 0 Å². The highest BCUT2D eigenvalue weighted by atomic mass is 16.4. The van der Waals surface area contributed by atoms with Crippen LogP contribution >= 0.6 is 0 Å². The first kappa shape index (κ1) is 15.2. The molecule has 1 aromatic carbocycles. The number of hydrogen-bond acceptors (Lipinski definition) is 2. The van der Waals surface area contributed by atoms with Gasteiger partial charge in [-0.25, -0.2) is 4.79 Å². The Kier molecular flexibility index (Phi) is 6.29. The summed E-state index contributed by atoms with van der Waals surface area (Å²) in [6, 6.07) is 11.3. The zero-order valence-electron chi connectivity index (χ0n) is 11.2. The SMILES string of the molecule is CC=CC(C=CC#N)=C(C=Cc1ccccc1)C(=O)O. The van der Waals surface area contributed by atoms with E-state index in [4.69, 9.17) is 5.26 Å². The zero-order chi connectivity index (χ0) is 14.8. The monoisotopic (exact) mass is 265 g/mol. The van der Waals surface area contributed by atoms with Crippen molar-refractivity contribution in [2.24, 2.45) is 0 Å². The fourth-order valence-electron chi connectivity index (χ4n) is 1.58. The summed E-state index contributed by atoms with van der Waals surface area (Å²) in [6.45, 7) is 1.79. The third-order valence-electron chi connectivity index (χ3n) is 2.47. The number of carboxylic acids is 1. The van der Waals surface area contributed by atoms with Crippen LogP contribution in [0.3, 0.4) is 0 Å². The van der Waals surface area contributed by atoms with E-state index in [2.05, 4.69) is 0 Å². The first-order chi connectivity index (χ1) is 9.69. The van der Waals surface area contributed by atoms with Crippen LogP contribution in [0, 0.1) is 11.3 Å². The van der Waals surface area contributed by atoms with Gasteiger partial charge in [-0.05, 0) is 30.2 Å². The maximum absolute atomic E-state index is 11.3. The van der Waals surface area contributed by atoms with Gasteiger partial charge >= 0.3 is 5.97 Å². The molecule has 0 fully saturated rings. The van der Waals surface area contributed by atoms with Gasteiger partial charge in [-0.15, -0.1) is 0 Å². The van der Waals surface area contributed by atoms with Gasteiger partial charge in [-0.1, -0.05) is 48.6 Å². The van der Waals surface area contributed by atoms with Crippen molar-refractivity contribution in [2.75, 3.05) is 0 Å². The zero-order valence-corrected chi connectivity index (χ0v) is 11.2. The average Bonchev–Trinajstić information content (AvgIpc) is 2.45. The third-order valence-corrected chi connectivity index (χ3v) is 2.47. The van der Waals surface area contributed by atoms with E-state index in [1.807, 2.05) is 36.4 Å². The van der Waals surface area contributed by atoms with E-state index in [-0.39, 0.29) is 5.57 Å². The van der Waals surface area contributed by atoms with Gasteiger partial charge in [0, 0.05) is 6.08 Å². The molecule has 0 bridgehead atoms. The number of carbonyl (C=O) groups is 1. The molecular weight excluding hydrogens is 250 g/mol. The molecule has 1 aromatic rings. The number of benzene rings is 1. The van der Waals surface area contributed by atoms with Gasteiger partial charge < -0.3 is 5.11 Å². The number of nitrogens with zero attached hydrogens (tertiary/aromatic N) is 1. The summed E-state index contributed by atoms with van der Waals surface area (Å²) in [5, 5.41) is 17.9. The van der Waals surface area contributed by atoms with Crippen LogP contribution in [-0.2, 0) is 4.79 Å². The molecule has 1 N–H and O–H groups in total. The second kappa shape index (κ2) is 8.28. The van der Waals surface area contributed by atoms with Gasteiger partial charge in [-0.3, -0.25) is 0 Å². The van der Waals surface area contributed by atoms with Crippen LogP contribution in [0.25, 0.3) is 6.08 Å². The van der Waals surface area contributed by atoms with E-state index in [0.29, 0.717) is 5.57 Å². The van der Waals surface area contributed by atoms with Gasteiger partial charge in [0.1, 0.15) is 0 Å². The third kappa shape index (κ3) is 4.79. The Morgan fingerprint density at radius 1 is 1.20 bits per heavy atom. The highest BCUT2D eigenvalue weighted by Crippen LogP contribution is 2.13. The molecule has 0 amide bonds. The van der Waals surface area contributed by atoms with Gasteiger partial charge in [0.2, 0.25) is 0 Å². The van der Waals surface area contributed by atoms with Crippen LogP contribution in [0.4, 0.5) is 0 Å². The molecule has 0 radical (unpaired) electrons. The lowest BCUT2D eigenvalue weighted by atomic mass is 10.1. The van der Waals surface area contributed by atoms with Crippen LogP contribution in [0.5, 0.6) is 0 Å². The lowest BCUT2D eigenvalue weighted by Crippen LogP contribution is -2.00. The second-order valence-electron chi connectivity index (χ2n) is 3.88. The molecule has 0 aliphatic heterocycles. The minimum Gasteiger partial charge on any atom is -0.478 e. The molecule has 0 spiro atoms. The Hall–Kier alpha value is -2.86.